The summed E-state index contributed by atoms with van der Waals surface area (Å²) in [4.78, 5) is 0.0670. The lowest BCUT2D eigenvalue weighted by Gasteiger charge is -2.00. The quantitative estimate of drug-likeness (QED) is 0.804. The number of hydrogen-bond donors (Lipinski definition) is 1. The highest BCUT2D eigenvalue weighted by molar-refractivity contribution is 7.89. The second-order valence-corrected chi connectivity index (χ2v) is 5.03. The fourth-order valence-corrected chi connectivity index (χ4v) is 1.93. The van der Waals surface area contributed by atoms with E-state index in [1.165, 1.54) is 12.1 Å². The predicted molar refractivity (Wildman–Crippen MR) is 50.1 cm³/mol. The van der Waals surface area contributed by atoms with Gasteiger partial charge in [-0.15, -0.1) is 0 Å². The molecule has 0 amide bonds. The number of rotatable bonds is 2. The standard InChI is InChI=1S/C9H10FNO2S/c10-9-5-8(9)6-1-3-7(4-2-6)14(11,12)13/h1-4,8-9H,5H2,(H2,11,12,13). The van der Waals surface area contributed by atoms with Crippen molar-refractivity contribution < 1.29 is 12.8 Å². The second kappa shape index (κ2) is 3.03. The molecule has 0 aromatic heterocycles. The molecule has 2 unspecified atom stereocenters. The average molecular weight is 215 g/mol. The molecule has 2 rings (SSSR count). The Morgan fingerprint density at radius 1 is 1.29 bits per heavy atom. The largest absolute Gasteiger partial charge is 0.247 e. The van der Waals surface area contributed by atoms with E-state index in [9.17, 15) is 12.8 Å². The van der Waals surface area contributed by atoms with Crippen LogP contribution in [0.1, 0.15) is 17.9 Å². The van der Waals surface area contributed by atoms with Gasteiger partial charge in [-0.3, -0.25) is 0 Å². The van der Waals surface area contributed by atoms with Gasteiger partial charge in [0.15, 0.2) is 0 Å². The van der Waals surface area contributed by atoms with Gasteiger partial charge in [0.1, 0.15) is 6.17 Å². The molecule has 0 radical (unpaired) electrons. The van der Waals surface area contributed by atoms with Crippen LogP contribution in [0.4, 0.5) is 4.39 Å². The smallest absolute Gasteiger partial charge is 0.238 e. The highest BCUT2D eigenvalue weighted by Crippen LogP contribution is 2.43. The van der Waals surface area contributed by atoms with Crippen LogP contribution < -0.4 is 5.14 Å². The van der Waals surface area contributed by atoms with Gasteiger partial charge in [0.2, 0.25) is 10.0 Å². The Labute approximate surface area is 81.8 Å². The summed E-state index contributed by atoms with van der Waals surface area (Å²) in [6, 6.07) is 6.05. The fourth-order valence-electron chi connectivity index (χ4n) is 1.41. The molecule has 1 aliphatic rings. The van der Waals surface area contributed by atoms with Crippen LogP contribution in [-0.2, 0) is 10.0 Å². The second-order valence-electron chi connectivity index (χ2n) is 3.47. The van der Waals surface area contributed by atoms with Crippen molar-refractivity contribution in [3.05, 3.63) is 29.8 Å². The molecular formula is C9H10FNO2S. The summed E-state index contributed by atoms with van der Waals surface area (Å²) in [5.41, 5.74) is 0.838. The van der Waals surface area contributed by atoms with E-state index in [-0.39, 0.29) is 10.8 Å². The Hall–Kier alpha value is -0.940. The van der Waals surface area contributed by atoms with Crippen LogP contribution in [0.5, 0.6) is 0 Å². The van der Waals surface area contributed by atoms with Crippen molar-refractivity contribution in [2.24, 2.45) is 5.14 Å². The van der Waals surface area contributed by atoms with Crippen LogP contribution >= 0.6 is 0 Å². The monoisotopic (exact) mass is 215 g/mol. The van der Waals surface area contributed by atoms with Crippen LogP contribution in [-0.4, -0.2) is 14.6 Å². The van der Waals surface area contributed by atoms with Gasteiger partial charge in [0, 0.05) is 5.92 Å². The Kier molecular flexibility index (Phi) is 2.08. The molecule has 2 N–H and O–H groups in total. The third-order valence-electron chi connectivity index (χ3n) is 2.35. The molecule has 5 heteroatoms. The Balaban J connectivity index is 2.27. The lowest BCUT2D eigenvalue weighted by Crippen LogP contribution is -2.11. The molecule has 1 aromatic carbocycles. The van der Waals surface area contributed by atoms with E-state index in [1.54, 1.807) is 12.1 Å². The van der Waals surface area contributed by atoms with Crippen molar-refractivity contribution >= 4 is 10.0 Å². The molecular weight excluding hydrogens is 205 g/mol. The minimum Gasteiger partial charge on any atom is -0.247 e. The number of primary sulfonamides is 1. The van der Waals surface area contributed by atoms with E-state index in [4.69, 9.17) is 5.14 Å². The van der Waals surface area contributed by atoms with Crippen molar-refractivity contribution in [3.8, 4) is 0 Å². The van der Waals surface area contributed by atoms with Crippen LogP contribution in [0.25, 0.3) is 0 Å². The first-order chi connectivity index (χ1) is 6.48. The summed E-state index contributed by atoms with van der Waals surface area (Å²) < 4.78 is 34.4. The molecule has 0 bridgehead atoms. The van der Waals surface area contributed by atoms with Crippen molar-refractivity contribution in [1.29, 1.82) is 0 Å². The maximum atomic E-state index is 12.7. The van der Waals surface area contributed by atoms with Gasteiger partial charge in [-0.25, -0.2) is 17.9 Å². The van der Waals surface area contributed by atoms with E-state index < -0.39 is 16.2 Å². The molecule has 14 heavy (non-hydrogen) atoms. The first-order valence-electron chi connectivity index (χ1n) is 4.25. The van der Waals surface area contributed by atoms with Gasteiger partial charge in [-0.2, -0.15) is 0 Å². The molecule has 0 aliphatic heterocycles. The molecule has 1 aliphatic carbocycles. The fraction of sp³-hybridized carbons (Fsp3) is 0.333. The van der Waals surface area contributed by atoms with Crippen molar-refractivity contribution in [2.45, 2.75) is 23.4 Å². The van der Waals surface area contributed by atoms with E-state index in [0.717, 1.165) is 5.56 Å². The predicted octanol–water partition coefficient (Wildman–Crippen LogP) is 1.16. The summed E-state index contributed by atoms with van der Waals surface area (Å²) in [7, 11) is -3.63. The van der Waals surface area contributed by atoms with Crippen molar-refractivity contribution in [2.75, 3.05) is 0 Å². The maximum Gasteiger partial charge on any atom is 0.238 e. The summed E-state index contributed by atoms with van der Waals surface area (Å²) in [6.07, 6.45) is -0.232. The summed E-state index contributed by atoms with van der Waals surface area (Å²) >= 11 is 0. The minimum absolute atomic E-state index is 0.0514. The molecule has 0 spiro atoms. The van der Waals surface area contributed by atoms with Crippen LogP contribution in [0.3, 0.4) is 0 Å². The maximum absolute atomic E-state index is 12.7. The molecule has 2 atom stereocenters. The molecule has 3 nitrogen and oxygen atoms in total. The lowest BCUT2D eigenvalue weighted by atomic mass is 10.1. The lowest BCUT2D eigenvalue weighted by molar-refractivity contribution is 0.468. The first kappa shape index (κ1) is 9.61. The molecule has 1 fully saturated rings. The Bertz CT molecular complexity index is 440. The highest BCUT2D eigenvalue weighted by Gasteiger charge is 2.38. The normalized spacial score (nSPS) is 26.1. The number of hydrogen-bond acceptors (Lipinski definition) is 2. The zero-order valence-electron chi connectivity index (χ0n) is 7.35. The third kappa shape index (κ3) is 1.78. The molecule has 0 saturated heterocycles. The van der Waals surface area contributed by atoms with Crippen LogP contribution in [0, 0.1) is 0 Å². The summed E-state index contributed by atoms with van der Waals surface area (Å²) in [5.74, 6) is -0.0514. The topological polar surface area (TPSA) is 60.2 Å². The van der Waals surface area contributed by atoms with E-state index in [0.29, 0.717) is 6.42 Å². The first-order valence-corrected chi connectivity index (χ1v) is 5.80. The van der Waals surface area contributed by atoms with Gasteiger partial charge in [0.25, 0.3) is 0 Å². The Morgan fingerprint density at radius 3 is 2.14 bits per heavy atom. The van der Waals surface area contributed by atoms with Gasteiger partial charge in [-0.05, 0) is 24.1 Å². The average Bonchev–Trinajstić information content (AvgIpc) is 2.81. The van der Waals surface area contributed by atoms with Gasteiger partial charge >= 0.3 is 0 Å². The van der Waals surface area contributed by atoms with Gasteiger partial charge < -0.3 is 0 Å². The van der Waals surface area contributed by atoms with Crippen LogP contribution in [0.2, 0.25) is 0 Å². The van der Waals surface area contributed by atoms with E-state index in [1.807, 2.05) is 0 Å². The van der Waals surface area contributed by atoms with Crippen molar-refractivity contribution in [3.63, 3.8) is 0 Å². The molecule has 0 heterocycles. The van der Waals surface area contributed by atoms with Gasteiger partial charge in [0.05, 0.1) is 4.90 Å². The van der Waals surface area contributed by atoms with Crippen LogP contribution in [0.15, 0.2) is 29.2 Å². The third-order valence-corrected chi connectivity index (χ3v) is 3.28. The Morgan fingerprint density at radius 2 is 1.79 bits per heavy atom. The van der Waals surface area contributed by atoms with E-state index >= 15 is 0 Å². The molecule has 1 aromatic rings. The van der Waals surface area contributed by atoms with Gasteiger partial charge in [-0.1, -0.05) is 12.1 Å². The zero-order chi connectivity index (χ0) is 10.3. The van der Waals surface area contributed by atoms with Crippen molar-refractivity contribution in [1.82, 2.24) is 0 Å². The number of halogens is 1. The highest BCUT2D eigenvalue weighted by atomic mass is 32.2. The summed E-state index contributed by atoms with van der Waals surface area (Å²) in [5, 5.41) is 4.92. The number of nitrogens with two attached hydrogens (primary N) is 1. The van der Waals surface area contributed by atoms with E-state index in [2.05, 4.69) is 0 Å². The number of sulfonamides is 1. The molecule has 76 valence electrons. The minimum atomic E-state index is -3.63. The zero-order valence-corrected chi connectivity index (χ0v) is 8.17. The molecule has 1 saturated carbocycles. The SMILES string of the molecule is NS(=O)(=O)c1ccc(C2CC2F)cc1. The number of alkyl halides is 1. The number of benzene rings is 1. The summed E-state index contributed by atoms with van der Waals surface area (Å²) in [6.45, 7) is 0.